The summed E-state index contributed by atoms with van der Waals surface area (Å²) in [5.41, 5.74) is 0.686. The first kappa shape index (κ1) is 19.8. The predicted molar refractivity (Wildman–Crippen MR) is 101 cm³/mol. The lowest BCUT2D eigenvalue weighted by atomic mass is 10.2. The minimum Gasteiger partial charge on any atom is -0.280 e. The van der Waals surface area contributed by atoms with Gasteiger partial charge in [-0.15, -0.1) is 0 Å². The molecule has 0 aromatic heterocycles. The first-order valence-corrected chi connectivity index (χ1v) is 11.5. The highest BCUT2D eigenvalue weighted by Gasteiger charge is 2.28. The van der Waals surface area contributed by atoms with Crippen molar-refractivity contribution in [1.29, 1.82) is 0 Å². The summed E-state index contributed by atoms with van der Waals surface area (Å²) in [7, 11) is -7.65. The Bertz CT molecular complexity index is 1030. The number of hydrogen-bond acceptors (Lipinski definition) is 4. The Morgan fingerprint density at radius 2 is 1.56 bits per heavy atom. The Morgan fingerprint density at radius 3 is 2.19 bits per heavy atom. The third kappa shape index (κ3) is 4.31. The van der Waals surface area contributed by atoms with E-state index >= 15 is 0 Å². The number of anilines is 1. The lowest BCUT2D eigenvalue weighted by molar-refractivity contribution is 0.346. The van der Waals surface area contributed by atoms with Gasteiger partial charge in [0.05, 0.1) is 15.5 Å². The van der Waals surface area contributed by atoms with Gasteiger partial charge in [-0.3, -0.25) is 4.72 Å². The quantitative estimate of drug-likeness (QED) is 0.818. The van der Waals surface area contributed by atoms with Crippen LogP contribution in [-0.4, -0.2) is 34.2 Å². The first-order chi connectivity index (χ1) is 12.7. The fraction of sp³-hybridized carbons (Fsp3) is 0.333. The van der Waals surface area contributed by atoms with E-state index in [0.717, 1.165) is 43.5 Å². The molecule has 3 rings (SSSR count). The summed E-state index contributed by atoms with van der Waals surface area (Å²) < 4.78 is 67.6. The minimum atomic E-state index is -3.96. The minimum absolute atomic E-state index is 0.0868. The average Bonchev–Trinajstić information content (AvgIpc) is 2.64. The van der Waals surface area contributed by atoms with Crippen molar-refractivity contribution in [1.82, 2.24) is 4.31 Å². The number of benzene rings is 2. The molecule has 1 aliphatic rings. The molecule has 1 fully saturated rings. The monoisotopic (exact) mass is 412 g/mol. The number of halogens is 1. The molecule has 1 saturated heterocycles. The van der Waals surface area contributed by atoms with Crippen LogP contribution in [0, 0.1) is 12.7 Å². The molecule has 1 aliphatic heterocycles. The molecule has 0 spiro atoms. The second kappa shape index (κ2) is 7.57. The number of rotatable bonds is 5. The van der Waals surface area contributed by atoms with Crippen LogP contribution < -0.4 is 4.72 Å². The number of nitrogens with one attached hydrogen (secondary N) is 1. The number of hydrogen-bond donors (Lipinski definition) is 1. The Kier molecular flexibility index (Phi) is 5.55. The lowest BCUT2D eigenvalue weighted by Gasteiger charge is -2.26. The number of sulfonamides is 2. The van der Waals surface area contributed by atoms with Crippen LogP contribution in [0.1, 0.15) is 24.8 Å². The topological polar surface area (TPSA) is 83.5 Å². The summed E-state index contributed by atoms with van der Waals surface area (Å²) in [5, 5.41) is 0. The van der Waals surface area contributed by atoms with E-state index in [-0.39, 0.29) is 15.5 Å². The fourth-order valence-corrected chi connectivity index (χ4v) is 5.83. The Morgan fingerprint density at radius 1 is 0.926 bits per heavy atom. The summed E-state index contributed by atoms with van der Waals surface area (Å²) in [6.45, 7) is 2.61. The highest BCUT2D eigenvalue weighted by Crippen LogP contribution is 2.27. The van der Waals surface area contributed by atoms with Gasteiger partial charge in [0, 0.05) is 13.1 Å². The van der Waals surface area contributed by atoms with Crippen LogP contribution in [0.3, 0.4) is 0 Å². The van der Waals surface area contributed by atoms with E-state index in [1.807, 2.05) is 0 Å². The third-order valence-corrected chi connectivity index (χ3v) is 7.93. The van der Waals surface area contributed by atoms with Crippen LogP contribution in [0.4, 0.5) is 10.1 Å². The molecule has 0 amide bonds. The Hall–Kier alpha value is -1.97. The fourth-order valence-electron chi connectivity index (χ4n) is 3.01. The van der Waals surface area contributed by atoms with E-state index in [4.69, 9.17) is 0 Å². The largest absolute Gasteiger partial charge is 0.280 e. The first-order valence-electron chi connectivity index (χ1n) is 8.59. The van der Waals surface area contributed by atoms with Crippen molar-refractivity contribution in [2.24, 2.45) is 0 Å². The van der Waals surface area contributed by atoms with Gasteiger partial charge in [0.2, 0.25) is 10.0 Å². The molecule has 2 aromatic rings. The van der Waals surface area contributed by atoms with Gasteiger partial charge in [-0.05, 0) is 61.7 Å². The van der Waals surface area contributed by atoms with Gasteiger partial charge in [0.1, 0.15) is 5.82 Å². The highest BCUT2D eigenvalue weighted by molar-refractivity contribution is 7.92. The van der Waals surface area contributed by atoms with Crippen molar-refractivity contribution in [2.75, 3.05) is 17.8 Å². The molecular weight excluding hydrogens is 391 g/mol. The van der Waals surface area contributed by atoms with Gasteiger partial charge in [-0.2, -0.15) is 4.31 Å². The average molecular weight is 413 g/mol. The maximum atomic E-state index is 13.0. The van der Waals surface area contributed by atoms with Crippen LogP contribution in [0.25, 0.3) is 0 Å². The molecule has 0 unspecified atom stereocenters. The smallest absolute Gasteiger partial charge is 0.261 e. The Balaban J connectivity index is 1.92. The van der Waals surface area contributed by atoms with Crippen molar-refractivity contribution in [3.63, 3.8) is 0 Å². The maximum Gasteiger partial charge on any atom is 0.261 e. The molecule has 6 nitrogen and oxygen atoms in total. The molecule has 0 radical (unpaired) electrons. The molecule has 1 heterocycles. The molecule has 2 aromatic carbocycles. The van der Waals surface area contributed by atoms with E-state index in [9.17, 15) is 21.2 Å². The summed E-state index contributed by atoms with van der Waals surface area (Å²) in [6.07, 6.45) is 2.63. The van der Waals surface area contributed by atoms with Crippen molar-refractivity contribution < 1.29 is 21.2 Å². The van der Waals surface area contributed by atoms with Crippen LogP contribution in [-0.2, 0) is 20.0 Å². The van der Waals surface area contributed by atoms with Crippen molar-refractivity contribution in [3.05, 3.63) is 53.8 Å². The summed E-state index contributed by atoms with van der Waals surface area (Å²) in [6, 6.07) is 8.81. The lowest BCUT2D eigenvalue weighted by Crippen LogP contribution is -2.36. The number of nitrogens with zero attached hydrogens (tertiary/aromatic N) is 1. The maximum absolute atomic E-state index is 13.0. The van der Waals surface area contributed by atoms with Crippen molar-refractivity contribution >= 4 is 25.7 Å². The number of piperidine rings is 1. The molecule has 0 aliphatic carbocycles. The predicted octanol–water partition coefficient (Wildman–Crippen LogP) is 3.11. The molecule has 0 atom stereocenters. The molecule has 0 saturated carbocycles. The van der Waals surface area contributed by atoms with Gasteiger partial charge < -0.3 is 0 Å². The summed E-state index contributed by atoms with van der Waals surface area (Å²) in [5.74, 6) is -0.542. The molecular formula is C18H21FN2O4S2. The van der Waals surface area contributed by atoms with Crippen LogP contribution in [0.15, 0.2) is 52.3 Å². The van der Waals surface area contributed by atoms with E-state index in [0.29, 0.717) is 18.7 Å². The van der Waals surface area contributed by atoms with Crippen LogP contribution in [0.2, 0.25) is 0 Å². The van der Waals surface area contributed by atoms with Gasteiger partial charge >= 0.3 is 0 Å². The molecule has 0 bridgehead atoms. The number of aryl methyl sites for hydroxylation is 1. The van der Waals surface area contributed by atoms with Crippen LogP contribution in [0.5, 0.6) is 0 Å². The van der Waals surface area contributed by atoms with Crippen molar-refractivity contribution in [3.8, 4) is 0 Å². The van der Waals surface area contributed by atoms with Crippen molar-refractivity contribution in [2.45, 2.75) is 36.0 Å². The van der Waals surface area contributed by atoms with E-state index in [1.165, 1.54) is 16.4 Å². The second-order valence-electron chi connectivity index (χ2n) is 6.50. The zero-order chi connectivity index (χ0) is 19.7. The second-order valence-corrected chi connectivity index (χ2v) is 10.1. The highest BCUT2D eigenvalue weighted by atomic mass is 32.2. The molecule has 27 heavy (non-hydrogen) atoms. The van der Waals surface area contributed by atoms with Gasteiger partial charge in [0.25, 0.3) is 10.0 Å². The SMILES string of the molecule is Cc1ccc(NS(=O)(=O)c2ccc(F)cc2)cc1S(=O)(=O)N1CCCCC1. The van der Waals surface area contributed by atoms with Crippen LogP contribution >= 0.6 is 0 Å². The van der Waals surface area contributed by atoms with Gasteiger partial charge in [0.15, 0.2) is 0 Å². The standard InChI is InChI=1S/C18H21FN2O4S2/c1-14-5-8-16(20-26(22,23)17-9-6-15(19)7-10-17)13-18(14)27(24,25)21-11-3-2-4-12-21/h5-10,13,20H,2-4,11-12H2,1H3. The van der Waals surface area contributed by atoms with Gasteiger partial charge in [-0.1, -0.05) is 12.5 Å². The van der Waals surface area contributed by atoms with E-state index in [2.05, 4.69) is 4.72 Å². The summed E-state index contributed by atoms with van der Waals surface area (Å²) >= 11 is 0. The zero-order valence-electron chi connectivity index (χ0n) is 14.9. The summed E-state index contributed by atoms with van der Waals surface area (Å²) in [4.78, 5) is -0.0198. The zero-order valence-corrected chi connectivity index (χ0v) is 16.5. The normalized spacial score (nSPS) is 16.2. The molecule has 1 N–H and O–H groups in total. The van der Waals surface area contributed by atoms with E-state index < -0.39 is 25.9 Å². The van der Waals surface area contributed by atoms with E-state index in [1.54, 1.807) is 13.0 Å². The van der Waals surface area contributed by atoms with Gasteiger partial charge in [-0.25, -0.2) is 21.2 Å². The molecule has 9 heteroatoms. The Labute approximate surface area is 159 Å². The third-order valence-electron chi connectivity index (χ3n) is 4.50. The molecule has 146 valence electrons.